The predicted molar refractivity (Wildman–Crippen MR) is 454 cm³/mol. The molecule has 33 N–H and O–H groups in total. The van der Waals surface area contributed by atoms with E-state index in [1.165, 1.54) is 0 Å². The molecular weight excluding hydrogens is 2010 g/mol. The first-order chi connectivity index (χ1) is 69.8. The molecule has 0 aromatic heterocycles. The Morgan fingerprint density at radius 1 is 0.218 bits per heavy atom. The molecule has 12 heterocycles. The molecule has 0 radical (unpaired) electrons. The minimum Gasteiger partial charge on any atom is -0.394 e. The van der Waals surface area contributed by atoms with Crippen LogP contribution in [0.25, 0.3) is 0 Å². The monoisotopic (exact) mass is 2150 g/mol. The van der Waals surface area contributed by atoms with E-state index in [2.05, 4.69) is 21.3 Å². The van der Waals surface area contributed by atoms with E-state index < -0.39 is 465 Å². The summed E-state index contributed by atoms with van der Waals surface area (Å²) in [7, 11) is 4.35. The van der Waals surface area contributed by atoms with Crippen LogP contribution in [0.3, 0.4) is 0 Å². The van der Waals surface area contributed by atoms with Crippen molar-refractivity contribution in [2.45, 2.75) is 390 Å². The van der Waals surface area contributed by atoms with Crippen LogP contribution in [-0.2, 0) is 147 Å². The van der Waals surface area contributed by atoms with Crippen LogP contribution in [0.1, 0.15) is 27.7 Å². The lowest BCUT2D eigenvalue weighted by atomic mass is 9.93. The summed E-state index contributed by atoms with van der Waals surface area (Å²) in [5, 5.41) is 340. The second-order valence-electron chi connectivity index (χ2n) is 37.1. The van der Waals surface area contributed by atoms with Gasteiger partial charge < -0.3 is 297 Å². The Balaban J connectivity index is 0.868. The minimum atomic E-state index is -2.58. The Bertz CT molecular complexity index is 4020. The summed E-state index contributed by atoms with van der Waals surface area (Å²) in [6.45, 7) is -8.59. The quantitative estimate of drug-likeness (QED) is 0.0270. The van der Waals surface area contributed by atoms with Crippen LogP contribution in [0.2, 0.25) is 0 Å². The number of ether oxygens (including phenoxy) is 27. The van der Waals surface area contributed by atoms with Crippen molar-refractivity contribution in [2.75, 3.05) is 108 Å². The zero-order chi connectivity index (χ0) is 108. The van der Waals surface area contributed by atoms with Crippen LogP contribution in [0.15, 0.2) is 0 Å². The van der Waals surface area contributed by atoms with E-state index in [4.69, 9.17) is 128 Å². The van der Waals surface area contributed by atoms with Crippen LogP contribution >= 0.6 is 0 Å². The third kappa shape index (κ3) is 27.2. The van der Waals surface area contributed by atoms with Gasteiger partial charge in [-0.1, -0.05) is 0 Å². The maximum absolute atomic E-state index is 13.8. The summed E-state index contributed by atoms with van der Waals surface area (Å²) < 4.78 is 161. The van der Waals surface area contributed by atoms with E-state index >= 15 is 0 Å². The van der Waals surface area contributed by atoms with Gasteiger partial charge in [0.2, 0.25) is 23.6 Å². The van der Waals surface area contributed by atoms with Crippen molar-refractivity contribution in [1.29, 1.82) is 0 Å². The average Bonchev–Trinajstić information content (AvgIpc) is 0.753. The summed E-state index contributed by atoms with van der Waals surface area (Å²) >= 11 is 0. The predicted octanol–water partition coefficient (Wildman–Crippen LogP) is -23.3. The van der Waals surface area contributed by atoms with Gasteiger partial charge in [0.05, 0.1) is 79.3 Å². The van der Waals surface area contributed by atoms with E-state index in [0.29, 0.717) is 0 Å². The first kappa shape index (κ1) is 121. The molecule has 4 amide bonds. The molecule has 0 aromatic carbocycles. The topological polar surface area (TPSA) is 952 Å². The van der Waals surface area contributed by atoms with E-state index in [1.807, 2.05) is 0 Å². The number of methoxy groups -OCH3 is 4. The number of carbonyl (C=O) groups is 4. The summed E-state index contributed by atoms with van der Waals surface area (Å²) in [4.78, 5) is 53.0. The highest BCUT2D eigenvalue weighted by atomic mass is 16.8. The van der Waals surface area contributed by atoms with E-state index in [9.17, 15) is 167 Å². The Morgan fingerprint density at radius 3 is 0.884 bits per heavy atom. The molecule has 0 spiro atoms. The SMILES string of the molecule is CO[C@H]1[C@@H](O)[C@@H](CO)O[C@@H](OC[C@H]2O[C@@H](OC[C@H]3O[C@@H](O[C@H]4[C@H](O)[C@@H](CO[C@@H]5O[C@H](CO)[C@H](O)[C@H](OC)[C@H]5O)O[C@@H](O[C@H]5[C@H](O)[C@@H](NC(C)=O)[C@H](O[C@@H]6[C@@H](O[C@H]7[C@H](O)[C@@H](CO[C@H]8O[C@H](CO)[C@@H](O)[C@H](O)[C@@H]8O)O[C@@H](O[C@H]8[C@H](O)[C@@H](NC(C)=O)[C@H](O[C@H]9[C@H](O)[C@@H](NC(C)=O)C(O)O[C@@H]9CO)O[C@@H]8CO)[C@H]7O[C@@H]7OC[C@@H](O)[C@H](O)[C@H]7O)O[C@H](CO)[C@@H](O)[C@@H]6O)O[C@@H]5CO)[C@@H]4NC(C)=O)[C@H](O)[C@@H](OC)[C@H]3O)[C@H](O)[C@@H](OC)[C@H]2O)[C@@H]1O. The Kier molecular flexibility index (Phi) is 44.6. The number of hydrogen-bond donors (Lipinski definition) is 33. The fourth-order valence-corrected chi connectivity index (χ4v) is 19.4. The molecule has 0 aliphatic carbocycles. The van der Waals surface area contributed by atoms with Gasteiger partial charge in [0.25, 0.3) is 0 Å². The third-order valence-corrected chi connectivity index (χ3v) is 27.2. The molecule has 12 fully saturated rings. The zero-order valence-corrected chi connectivity index (χ0v) is 80.2. The second kappa shape index (κ2) is 54.1. The summed E-state index contributed by atoms with van der Waals surface area (Å²) in [5.74, 6) is -3.91. The zero-order valence-electron chi connectivity index (χ0n) is 80.2. The van der Waals surface area contributed by atoms with Crippen LogP contribution in [0.4, 0.5) is 0 Å². The fourth-order valence-electron chi connectivity index (χ4n) is 19.4. The van der Waals surface area contributed by atoms with Gasteiger partial charge in [-0.3, -0.25) is 19.2 Å². The largest absolute Gasteiger partial charge is 0.394 e. The summed E-state index contributed by atoms with van der Waals surface area (Å²) in [6, 6.07) is -7.97. The van der Waals surface area contributed by atoms with Gasteiger partial charge in [-0.25, -0.2) is 0 Å². The Hall–Kier alpha value is -4.36. The molecule has 12 aliphatic heterocycles. The summed E-state index contributed by atoms with van der Waals surface area (Å²) in [5.41, 5.74) is 0. The normalized spacial score (nSPS) is 49.1. The Morgan fingerprint density at radius 2 is 0.476 bits per heavy atom. The number of carbonyl (C=O) groups excluding carboxylic acids is 4. The number of hydrogen-bond acceptors (Lipinski definition) is 60. The van der Waals surface area contributed by atoms with Crippen molar-refractivity contribution in [2.24, 2.45) is 0 Å². The van der Waals surface area contributed by atoms with E-state index in [-0.39, 0.29) is 0 Å². The Labute approximate surface area is 835 Å². The molecule has 64 heteroatoms. The molecule has 0 saturated carbocycles. The second-order valence-corrected chi connectivity index (χ2v) is 37.1. The highest BCUT2D eigenvalue weighted by molar-refractivity contribution is 5.74. The van der Waals surface area contributed by atoms with Crippen molar-refractivity contribution in [1.82, 2.24) is 21.3 Å². The van der Waals surface area contributed by atoms with Gasteiger partial charge >= 0.3 is 0 Å². The van der Waals surface area contributed by atoms with Crippen molar-refractivity contribution in [3.63, 3.8) is 0 Å². The number of nitrogens with one attached hydrogen (secondary N) is 4. The average molecular weight is 2150 g/mol. The van der Waals surface area contributed by atoms with E-state index in [1.54, 1.807) is 0 Å². The molecule has 59 atom stereocenters. The van der Waals surface area contributed by atoms with Crippen LogP contribution in [-0.4, -0.2) is 642 Å². The number of amides is 4. The highest BCUT2D eigenvalue weighted by Crippen LogP contribution is 2.43. The molecule has 12 saturated heterocycles. The number of aliphatic hydroxyl groups is 29. The number of rotatable bonds is 41. The fraction of sp³-hybridized carbons (Fsp3) is 0.952. The van der Waals surface area contributed by atoms with Gasteiger partial charge in [0.15, 0.2) is 75.5 Å². The first-order valence-corrected chi connectivity index (χ1v) is 47.1. The van der Waals surface area contributed by atoms with E-state index in [0.717, 1.165) is 56.1 Å². The lowest BCUT2D eigenvalue weighted by molar-refractivity contribution is -0.411. The van der Waals surface area contributed by atoms with Gasteiger partial charge in [-0.15, -0.1) is 0 Å². The molecule has 0 bridgehead atoms. The molecule has 0 aromatic rings. The molecule has 147 heavy (non-hydrogen) atoms. The molecule has 64 nitrogen and oxygen atoms in total. The lowest BCUT2D eigenvalue weighted by Crippen LogP contribution is -2.72. The van der Waals surface area contributed by atoms with Crippen LogP contribution in [0, 0.1) is 0 Å². The maximum atomic E-state index is 13.8. The maximum Gasteiger partial charge on any atom is 0.217 e. The van der Waals surface area contributed by atoms with Crippen molar-refractivity contribution < 1.29 is 295 Å². The molecule has 12 aliphatic rings. The van der Waals surface area contributed by atoms with Crippen molar-refractivity contribution >= 4 is 23.6 Å². The smallest absolute Gasteiger partial charge is 0.217 e. The molecule has 1 unspecified atom stereocenters. The molecule has 12 rings (SSSR count). The van der Waals surface area contributed by atoms with Crippen LogP contribution < -0.4 is 21.3 Å². The van der Waals surface area contributed by atoms with Crippen molar-refractivity contribution in [3.05, 3.63) is 0 Å². The number of aliphatic hydroxyl groups excluding tert-OH is 29. The van der Waals surface area contributed by atoms with Crippen molar-refractivity contribution in [3.8, 4) is 0 Å². The van der Waals surface area contributed by atoms with Gasteiger partial charge in [0, 0.05) is 56.1 Å². The highest BCUT2D eigenvalue weighted by Gasteiger charge is 2.64. The van der Waals surface area contributed by atoms with Crippen LogP contribution in [0.5, 0.6) is 0 Å². The minimum absolute atomic E-state index is 0.692. The molecular formula is C83H140N4O60. The summed E-state index contributed by atoms with van der Waals surface area (Å²) in [6.07, 6.45) is -112. The van der Waals surface area contributed by atoms with Gasteiger partial charge in [-0.05, 0) is 0 Å². The third-order valence-electron chi connectivity index (χ3n) is 27.2. The first-order valence-electron chi connectivity index (χ1n) is 47.1. The van der Waals surface area contributed by atoms with Gasteiger partial charge in [0.1, 0.15) is 287 Å². The molecule has 852 valence electrons. The lowest BCUT2D eigenvalue weighted by Gasteiger charge is -2.52. The standard InChI is InChI=1S/C83H140N4O60/c1-21(95)84-37-50(109)61(30(13-92)130-72(37)120)141-73-38(85-22(2)96)52(111)63(32(15-94)135-73)143-83-71(147-77-55(114)41(100)25(99)16-125-77)69(49(108)36(140-83)20-126-76-56(115)53(112)42(101)26(9-88)131-76)145-82-70(54(113)43(102)27(10-89)134-82)146-74-39(86-23(3)97)51(110)62(31(14-93)136-74)142-75-40(87-24(4)98)64(46(105)33(137-75)17-127-78-57(116)65(121-5)44(103)28(11-90)132-78)144-81-60(119)68(124-8)48(107)35(139-81)19-129-80-59(118)67(123-7)47(106)34(138-80)18-128-79-58(117)66(122-6)45(104)29(12-91)133-79/h25-83,88-94,99-120H,9-20H2,1-8H3,(H,84,95)(H,85,96)(H,86,97)(H,87,98)/t25-,26-,27-,28-,29-,30-,31-,32-,33-,34-,35-,36-,37-,38-,39-,40-,41+,42-,43-,44+,45+,46-,47+,48+,49-,50-,51-,52-,53+,54+,55-,56+,57-,58-,59-,60-,61-,62-,63-,64-,65+,66+,67+,68+,69+,70+,71+,72?,73+,74+,75+,76+,77+,78-,79-,80-,81+,82-,83+/m1/s1. The van der Waals surface area contributed by atoms with Gasteiger partial charge in [-0.2, -0.15) is 0 Å².